The summed E-state index contributed by atoms with van der Waals surface area (Å²) < 4.78 is 0. The number of amides is 1. The lowest BCUT2D eigenvalue weighted by molar-refractivity contribution is -0.121. The van der Waals surface area contributed by atoms with Crippen LogP contribution in [0, 0.1) is 0 Å². The number of rotatable bonds is 5. The minimum absolute atomic E-state index is 0.0814. The quantitative estimate of drug-likeness (QED) is 0.484. The van der Waals surface area contributed by atoms with E-state index in [0.29, 0.717) is 13.0 Å². The van der Waals surface area contributed by atoms with Crippen LogP contribution in [0.5, 0.6) is 0 Å². The van der Waals surface area contributed by atoms with E-state index in [0.717, 1.165) is 34.1 Å². The number of nitrogens with one attached hydrogen (secondary N) is 2. The van der Waals surface area contributed by atoms with E-state index in [4.69, 9.17) is 0 Å². The molecule has 0 fully saturated rings. The van der Waals surface area contributed by atoms with E-state index in [9.17, 15) is 4.79 Å². The van der Waals surface area contributed by atoms with Crippen molar-refractivity contribution >= 4 is 40.4 Å². The number of hydrogen-bond donors (Lipinski definition) is 2. The van der Waals surface area contributed by atoms with E-state index >= 15 is 0 Å². The molecule has 0 unspecified atom stereocenters. The molecule has 0 saturated heterocycles. The normalized spacial score (nSPS) is 12.0. The number of carbonyl (C=O) groups excluding carboxylic acids is 1. The molecule has 4 nitrogen and oxygen atoms in total. The van der Waals surface area contributed by atoms with Crippen molar-refractivity contribution in [1.82, 2.24) is 10.3 Å². The largest absolute Gasteiger partial charge is 0.354 e. The minimum Gasteiger partial charge on any atom is -0.354 e. The van der Waals surface area contributed by atoms with Crippen LogP contribution in [0.15, 0.2) is 57.6 Å². The molecule has 1 amide bonds. The lowest BCUT2D eigenvalue weighted by Gasteiger charge is -2.21. The monoisotopic (exact) mass is 381 g/mol. The minimum atomic E-state index is 0.0814. The van der Waals surface area contributed by atoms with Crippen molar-refractivity contribution in [3.8, 4) is 11.3 Å². The van der Waals surface area contributed by atoms with Crippen LogP contribution < -0.4 is 10.6 Å². The fourth-order valence-corrected chi connectivity index (χ4v) is 4.52. The lowest BCUT2D eigenvalue weighted by Crippen LogP contribution is -2.21. The summed E-state index contributed by atoms with van der Waals surface area (Å²) in [5.74, 6) is 0.0814. The van der Waals surface area contributed by atoms with Crippen molar-refractivity contribution in [3.63, 3.8) is 0 Å². The standard InChI is InChI=1S/C20H19N3OS2/c1-2-5-19(24)21-11-20-23-16(12-25-20)13-8-9-18-15(10-13)22-14-6-3-4-7-17(14)26-18/h3-4,6-10,12,22H,2,5,11H2,1H3,(H,21,24). The SMILES string of the molecule is CCCC(=O)NCc1nc(-c2ccc3c(c2)Nc2ccccc2S3)cs1. The Balaban J connectivity index is 1.51. The van der Waals surface area contributed by atoms with E-state index in [1.165, 1.54) is 9.79 Å². The smallest absolute Gasteiger partial charge is 0.220 e. The van der Waals surface area contributed by atoms with Gasteiger partial charge < -0.3 is 10.6 Å². The summed E-state index contributed by atoms with van der Waals surface area (Å²) in [6, 6.07) is 14.7. The van der Waals surface area contributed by atoms with Crippen LogP contribution in [-0.2, 0) is 11.3 Å². The van der Waals surface area contributed by atoms with Gasteiger partial charge in [0.25, 0.3) is 0 Å². The number of thiazole rings is 1. The van der Waals surface area contributed by atoms with Gasteiger partial charge in [-0.3, -0.25) is 4.79 Å². The van der Waals surface area contributed by atoms with Gasteiger partial charge >= 0.3 is 0 Å². The molecule has 2 heterocycles. The van der Waals surface area contributed by atoms with Crippen molar-refractivity contribution in [1.29, 1.82) is 0 Å². The molecular weight excluding hydrogens is 362 g/mol. The second-order valence-electron chi connectivity index (χ2n) is 6.09. The van der Waals surface area contributed by atoms with E-state index in [1.807, 2.05) is 18.4 Å². The molecule has 0 bridgehead atoms. The molecule has 1 aromatic heterocycles. The van der Waals surface area contributed by atoms with Gasteiger partial charge in [-0.1, -0.05) is 36.9 Å². The Morgan fingerprint density at radius 2 is 2.00 bits per heavy atom. The summed E-state index contributed by atoms with van der Waals surface area (Å²) in [6.45, 7) is 2.50. The first-order chi connectivity index (χ1) is 12.7. The first kappa shape index (κ1) is 17.1. The summed E-state index contributed by atoms with van der Waals surface area (Å²) in [5.41, 5.74) is 4.28. The number of nitrogens with zero attached hydrogens (tertiary/aromatic N) is 1. The molecule has 0 aliphatic carbocycles. The van der Waals surface area contributed by atoms with Crippen molar-refractivity contribution in [3.05, 3.63) is 52.9 Å². The first-order valence-corrected chi connectivity index (χ1v) is 10.3. The predicted molar refractivity (Wildman–Crippen MR) is 108 cm³/mol. The zero-order valence-electron chi connectivity index (χ0n) is 14.4. The van der Waals surface area contributed by atoms with Gasteiger partial charge in [0.05, 0.1) is 23.6 Å². The average molecular weight is 382 g/mol. The van der Waals surface area contributed by atoms with Crippen molar-refractivity contribution < 1.29 is 4.79 Å². The maximum absolute atomic E-state index is 11.6. The van der Waals surface area contributed by atoms with E-state index < -0.39 is 0 Å². The third-order valence-electron chi connectivity index (χ3n) is 4.12. The number of para-hydroxylation sites is 1. The number of anilines is 2. The summed E-state index contributed by atoms with van der Waals surface area (Å²) in [5, 5.41) is 9.40. The summed E-state index contributed by atoms with van der Waals surface area (Å²) in [6.07, 6.45) is 1.42. The Bertz CT molecular complexity index is 952. The molecule has 2 N–H and O–H groups in total. The highest BCUT2D eigenvalue weighted by Crippen LogP contribution is 2.45. The molecule has 6 heteroatoms. The summed E-state index contributed by atoms with van der Waals surface area (Å²) in [7, 11) is 0. The molecule has 0 atom stereocenters. The highest BCUT2D eigenvalue weighted by Gasteiger charge is 2.16. The molecule has 1 aliphatic heterocycles. The highest BCUT2D eigenvalue weighted by atomic mass is 32.2. The molecule has 1 aliphatic rings. The molecule has 26 heavy (non-hydrogen) atoms. The van der Waals surface area contributed by atoms with Crippen molar-refractivity contribution in [2.45, 2.75) is 36.1 Å². The second-order valence-corrected chi connectivity index (χ2v) is 8.11. The molecular formula is C20H19N3OS2. The van der Waals surface area contributed by atoms with Crippen LogP contribution in [0.3, 0.4) is 0 Å². The summed E-state index contributed by atoms with van der Waals surface area (Å²) in [4.78, 5) is 18.7. The maximum atomic E-state index is 11.6. The van der Waals surface area contributed by atoms with Gasteiger partial charge in [-0.2, -0.15) is 0 Å². The Hall–Kier alpha value is -2.31. The third kappa shape index (κ3) is 3.61. The zero-order valence-corrected chi connectivity index (χ0v) is 16.0. The maximum Gasteiger partial charge on any atom is 0.220 e. The fourth-order valence-electron chi connectivity index (χ4n) is 2.81. The van der Waals surface area contributed by atoms with E-state index in [2.05, 4.69) is 52.0 Å². The highest BCUT2D eigenvalue weighted by molar-refractivity contribution is 7.99. The van der Waals surface area contributed by atoms with Gasteiger partial charge in [0.2, 0.25) is 5.91 Å². The van der Waals surface area contributed by atoms with Gasteiger partial charge in [0.1, 0.15) is 5.01 Å². The van der Waals surface area contributed by atoms with Crippen LogP contribution in [0.1, 0.15) is 24.8 Å². The number of benzene rings is 2. The lowest BCUT2D eigenvalue weighted by atomic mass is 10.1. The van der Waals surface area contributed by atoms with E-state index in [1.54, 1.807) is 23.1 Å². The number of aromatic nitrogens is 1. The molecule has 4 rings (SSSR count). The Morgan fingerprint density at radius 1 is 1.15 bits per heavy atom. The van der Waals surface area contributed by atoms with Crippen LogP contribution in [-0.4, -0.2) is 10.9 Å². The molecule has 2 aromatic carbocycles. The molecule has 3 aromatic rings. The Labute approximate surface area is 161 Å². The van der Waals surface area contributed by atoms with Gasteiger partial charge in [-0.25, -0.2) is 4.98 Å². The fraction of sp³-hybridized carbons (Fsp3) is 0.200. The van der Waals surface area contributed by atoms with Gasteiger partial charge in [-0.05, 0) is 30.7 Å². The second kappa shape index (κ2) is 7.51. The van der Waals surface area contributed by atoms with Crippen molar-refractivity contribution in [2.75, 3.05) is 5.32 Å². The third-order valence-corrected chi connectivity index (χ3v) is 6.12. The average Bonchev–Trinajstić information content (AvgIpc) is 3.13. The Kier molecular flexibility index (Phi) is 4.95. The molecule has 132 valence electrons. The predicted octanol–water partition coefficient (Wildman–Crippen LogP) is 5.43. The van der Waals surface area contributed by atoms with Crippen LogP contribution >= 0.6 is 23.1 Å². The van der Waals surface area contributed by atoms with Crippen LogP contribution in [0.25, 0.3) is 11.3 Å². The molecule has 0 saturated carbocycles. The number of fused-ring (bicyclic) bond motifs is 2. The van der Waals surface area contributed by atoms with Crippen LogP contribution in [0.2, 0.25) is 0 Å². The topological polar surface area (TPSA) is 54.0 Å². The van der Waals surface area contributed by atoms with E-state index in [-0.39, 0.29) is 5.91 Å². The summed E-state index contributed by atoms with van der Waals surface area (Å²) >= 11 is 3.36. The number of hydrogen-bond acceptors (Lipinski definition) is 5. The number of carbonyl (C=O) groups is 1. The van der Waals surface area contributed by atoms with Crippen LogP contribution in [0.4, 0.5) is 11.4 Å². The Morgan fingerprint density at radius 3 is 2.88 bits per heavy atom. The van der Waals surface area contributed by atoms with Crippen molar-refractivity contribution in [2.24, 2.45) is 0 Å². The molecule has 0 radical (unpaired) electrons. The van der Waals surface area contributed by atoms with Gasteiger partial charge in [0, 0.05) is 27.2 Å². The zero-order chi connectivity index (χ0) is 17.9. The van der Waals surface area contributed by atoms with Gasteiger partial charge in [-0.15, -0.1) is 11.3 Å². The molecule has 0 spiro atoms. The van der Waals surface area contributed by atoms with Gasteiger partial charge in [0.15, 0.2) is 0 Å². The first-order valence-electron chi connectivity index (χ1n) is 8.62.